The van der Waals surface area contributed by atoms with Crippen LogP contribution in [0, 0.1) is 0 Å². The largest absolute Gasteiger partial charge is 0.383 e. The van der Waals surface area contributed by atoms with Crippen molar-refractivity contribution in [1.29, 1.82) is 0 Å². The smallest absolute Gasteiger partial charge is 0.0640 e. The van der Waals surface area contributed by atoms with Crippen molar-refractivity contribution >= 4 is 17.3 Å². The highest BCUT2D eigenvalue weighted by Crippen LogP contribution is 2.39. The van der Waals surface area contributed by atoms with E-state index in [9.17, 15) is 0 Å². The summed E-state index contributed by atoms with van der Waals surface area (Å²) < 4.78 is 0. The summed E-state index contributed by atoms with van der Waals surface area (Å²) in [6.07, 6.45) is 2.55. The van der Waals surface area contributed by atoms with Crippen molar-refractivity contribution in [3.05, 3.63) is 28.8 Å². The van der Waals surface area contributed by atoms with E-state index in [1.165, 1.54) is 31.5 Å². The van der Waals surface area contributed by atoms with Gasteiger partial charge in [0.15, 0.2) is 0 Å². The van der Waals surface area contributed by atoms with E-state index >= 15 is 0 Å². The van der Waals surface area contributed by atoms with Gasteiger partial charge in [-0.05, 0) is 37.6 Å². The molecule has 3 rings (SSSR count). The van der Waals surface area contributed by atoms with Gasteiger partial charge in [-0.2, -0.15) is 0 Å². The van der Waals surface area contributed by atoms with Crippen molar-refractivity contribution in [1.82, 2.24) is 4.90 Å². The number of hydrogen-bond donors (Lipinski definition) is 1. The van der Waals surface area contributed by atoms with Crippen molar-refractivity contribution < 1.29 is 0 Å². The van der Waals surface area contributed by atoms with Gasteiger partial charge in [0, 0.05) is 12.6 Å². The fourth-order valence-corrected chi connectivity index (χ4v) is 2.77. The van der Waals surface area contributed by atoms with Crippen molar-refractivity contribution in [3.63, 3.8) is 0 Å². The lowest BCUT2D eigenvalue weighted by Gasteiger charge is -2.41. The number of likely N-dealkylation sites (tertiary alicyclic amines) is 1. The third kappa shape index (κ3) is 1.52. The molecule has 0 spiro atoms. The van der Waals surface area contributed by atoms with Crippen molar-refractivity contribution in [2.75, 3.05) is 25.0 Å². The lowest BCUT2D eigenvalue weighted by atomic mass is 9.94. The highest BCUT2D eigenvalue weighted by Gasteiger charge is 2.29. The van der Waals surface area contributed by atoms with Crippen molar-refractivity contribution in [2.24, 2.45) is 0 Å². The van der Waals surface area contributed by atoms with Gasteiger partial charge in [0.1, 0.15) is 0 Å². The number of para-hydroxylation sites is 1. The molecule has 15 heavy (non-hydrogen) atoms. The lowest BCUT2D eigenvalue weighted by molar-refractivity contribution is 0.112. The molecule has 2 heterocycles. The Hall–Kier alpha value is -0.730. The topological polar surface area (TPSA) is 15.3 Å². The van der Waals surface area contributed by atoms with E-state index in [1.54, 1.807) is 0 Å². The molecule has 2 nitrogen and oxygen atoms in total. The zero-order valence-corrected chi connectivity index (χ0v) is 9.43. The quantitative estimate of drug-likeness (QED) is 0.786. The monoisotopic (exact) mass is 222 g/mol. The summed E-state index contributed by atoms with van der Waals surface area (Å²) in [5.41, 5.74) is 2.54. The van der Waals surface area contributed by atoms with Crippen LogP contribution in [0.5, 0.6) is 0 Å². The van der Waals surface area contributed by atoms with E-state index in [0.29, 0.717) is 6.04 Å². The Balaban J connectivity index is 1.98. The van der Waals surface area contributed by atoms with E-state index in [2.05, 4.69) is 22.3 Å². The van der Waals surface area contributed by atoms with Crippen LogP contribution < -0.4 is 5.32 Å². The number of nitrogens with one attached hydrogen (secondary N) is 1. The zero-order chi connectivity index (χ0) is 10.3. The van der Waals surface area contributed by atoms with Crippen LogP contribution in [0.2, 0.25) is 5.02 Å². The number of halogens is 1. The molecule has 2 aliphatic rings. The summed E-state index contributed by atoms with van der Waals surface area (Å²) in [6.45, 7) is 3.53. The number of fused-ring (bicyclic) bond motifs is 1. The maximum absolute atomic E-state index is 6.19. The first-order valence-electron chi connectivity index (χ1n) is 5.62. The second-order valence-electron chi connectivity index (χ2n) is 4.32. The SMILES string of the molecule is Clc1cccc2c1NCCC2N1CCC1. The Morgan fingerprint density at radius 1 is 1.33 bits per heavy atom. The second-order valence-corrected chi connectivity index (χ2v) is 4.73. The first-order valence-corrected chi connectivity index (χ1v) is 6.00. The maximum Gasteiger partial charge on any atom is 0.0640 e. The molecule has 0 bridgehead atoms. The summed E-state index contributed by atoms with van der Waals surface area (Å²) in [4.78, 5) is 2.55. The normalized spacial score (nSPS) is 25.3. The van der Waals surface area contributed by atoms with Crippen LogP contribution in [0.4, 0.5) is 5.69 Å². The molecule has 3 heteroatoms. The van der Waals surface area contributed by atoms with E-state index in [-0.39, 0.29) is 0 Å². The molecule has 1 atom stereocenters. The minimum atomic E-state index is 0.591. The van der Waals surface area contributed by atoms with Crippen LogP contribution in [0.3, 0.4) is 0 Å². The van der Waals surface area contributed by atoms with Gasteiger partial charge in [-0.3, -0.25) is 4.90 Å². The van der Waals surface area contributed by atoms with E-state index < -0.39 is 0 Å². The van der Waals surface area contributed by atoms with E-state index in [4.69, 9.17) is 11.6 Å². The average molecular weight is 223 g/mol. The summed E-state index contributed by atoms with van der Waals surface area (Å²) in [7, 11) is 0. The van der Waals surface area contributed by atoms with Gasteiger partial charge >= 0.3 is 0 Å². The molecule has 0 saturated carbocycles. The van der Waals surface area contributed by atoms with Gasteiger partial charge in [-0.25, -0.2) is 0 Å². The molecule has 1 aromatic rings. The molecule has 0 amide bonds. The molecule has 0 aromatic heterocycles. The summed E-state index contributed by atoms with van der Waals surface area (Å²) in [5, 5.41) is 4.26. The van der Waals surface area contributed by atoms with Crippen LogP contribution in [-0.2, 0) is 0 Å². The Bertz CT molecular complexity index is 374. The van der Waals surface area contributed by atoms with E-state index in [0.717, 1.165) is 17.3 Å². The molecular weight excluding hydrogens is 208 g/mol. The Labute approximate surface area is 95.2 Å². The molecule has 1 saturated heterocycles. The van der Waals surface area contributed by atoms with Crippen LogP contribution in [-0.4, -0.2) is 24.5 Å². The molecule has 1 N–H and O–H groups in total. The predicted octanol–water partition coefficient (Wildman–Crippen LogP) is 2.90. The van der Waals surface area contributed by atoms with Gasteiger partial charge < -0.3 is 5.32 Å². The fraction of sp³-hybridized carbons (Fsp3) is 0.500. The third-order valence-corrected chi connectivity index (χ3v) is 3.77. The first kappa shape index (κ1) is 9.49. The lowest BCUT2D eigenvalue weighted by Crippen LogP contribution is -2.42. The number of nitrogens with zero attached hydrogens (tertiary/aromatic N) is 1. The van der Waals surface area contributed by atoms with Gasteiger partial charge in [0.05, 0.1) is 10.7 Å². The second kappa shape index (κ2) is 3.69. The summed E-state index contributed by atoms with van der Waals surface area (Å²) in [6, 6.07) is 6.82. The van der Waals surface area contributed by atoms with Crippen LogP contribution in [0.25, 0.3) is 0 Å². The van der Waals surface area contributed by atoms with Gasteiger partial charge in [-0.15, -0.1) is 0 Å². The summed E-state index contributed by atoms with van der Waals surface area (Å²) in [5.74, 6) is 0. The predicted molar refractivity (Wildman–Crippen MR) is 63.5 cm³/mol. The molecular formula is C12H15ClN2. The minimum absolute atomic E-state index is 0.591. The average Bonchev–Trinajstić information content (AvgIpc) is 2.17. The molecule has 2 aliphatic heterocycles. The molecule has 0 radical (unpaired) electrons. The fourth-order valence-electron chi connectivity index (χ4n) is 2.53. The van der Waals surface area contributed by atoms with Gasteiger partial charge in [-0.1, -0.05) is 23.7 Å². The Kier molecular flexibility index (Phi) is 2.33. The Morgan fingerprint density at radius 2 is 2.20 bits per heavy atom. The summed E-state index contributed by atoms with van der Waals surface area (Å²) >= 11 is 6.19. The van der Waals surface area contributed by atoms with Crippen LogP contribution in [0.15, 0.2) is 18.2 Å². The number of benzene rings is 1. The molecule has 1 aromatic carbocycles. The zero-order valence-electron chi connectivity index (χ0n) is 8.67. The molecule has 0 aliphatic carbocycles. The minimum Gasteiger partial charge on any atom is -0.383 e. The molecule has 80 valence electrons. The highest BCUT2D eigenvalue weighted by molar-refractivity contribution is 6.33. The van der Waals surface area contributed by atoms with E-state index in [1.807, 2.05) is 6.07 Å². The highest BCUT2D eigenvalue weighted by atomic mass is 35.5. The van der Waals surface area contributed by atoms with Crippen LogP contribution in [0.1, 0.15) is 24.4 Å². The number of anilines is 1. The van der Waals surface area contributed by atoms with Crippen molar-refractivity contribution in [2.45, 2.75) is 18.9 Å². The van der Waals surface area contributed by atoms with Gasteiger partial charge in [0.2, 0.25) is 0 Å². The standard InChI is InChI=1S/C12H15ClN2/c13-10-4-1-3-9-11(15-7-2-8-15)5-6-14-12(9)10/h1,3-4,11,14H,2,5-8H2. The Morgan fingerprint density at radius 3 is 2.93 bits per heavy atom. The first-order chi connectivity index (χ1) is 7.36. The number of hydrogen-bond acceptors (Lipinski definition) is 2. The maximum atomic E-state index is 6.19. The number of rotatable bonds is 1. The third-order valence-electron chi connectivity index (χ3n) is 3.46. The van der Waals surface area contributed by atoms with Crippen molar-refractivity contribution in [3.8, 4) is 0 Å². The van der Waals surface area contributed by atoms with Gasteiger partial charge in [0.25, 0.3) is 0 Å². The molecule has 1 fully saturated rings. The van der Waals surface area contributed by atoms with Crippen LogP contribution >= 0.6 is 11.6 Å². The molecule has 1 unspecified atom stereocenters.